The molecular formula is C12H13NO. The molecule has 1 fully saturated rings. The molecule has 0 unspecified atom stereocenters. The van der Waals surface area contributed by atoms with E-state index in [9.17, 15) is 0 Å². The van der Waals surface area contributed by atoms with Crippen LogP contribution in [0.25, 0.3) is 10.9 Å². The van der Waals surface area contributed by atoms with Gasteiger partial charge >= 0.3 is 0 Å². The fraction of sp³-hybridized carbons (Fsp3) is 0.333. The van der Waals surface area contributed by atoms with Crippen molar-refractivity contribution in [2.24, 2.45) is 0 Å². The van der Waals surface area contributed by atoms with E-state index in [4.69, 9.17) is 4.74 Å². The number of aromatic nitrogens is 1. The average molecular weight is 187 g/mol. The maximum atomic E-state index is 5.38. The van der Waals surface area contributed by atoms with E-state index in [1.54, 1.807) is 7.11 Å². The number of nitrogens with one attached hydrogen (secondary N) is 1. The van der Waals surface area contributed by atoms with Gasteiger partial charge in [-0.2, -0.15) is 0 Å². The standard InChI is InChI=1S/C12H13NO/c1-14-11-4-2-3-10-12(11)9(7-13-10)8-5-6-8/h2-4,7-8,13H,5-6H2,1H3. The van der Waals surface area contributed by atoms with Gasteiger partial charge < -0.3 is 9.72 Å². The smallest absolute Gasteiger partial charge is 0.128 e. The maximum Gasteiger partial charge on any atom is 0.128 e. The Hall–Kier alpha value is -1.44. The Kier molecular flexibility index (Phi) is 1.57. The molecule has 2 aromatic rings. The van der Waals surface area contributed by atoms with Gasteiger partial charge in [0.1, 0.15) is 5.75 Å². The topological polar surface area (TPSA) is 25.0 Å². The SMILES string of the molecule is COc1cccc2[nH]cc(C3CC3)c12. The van der Waals surface area contributed by atoms with E-state index in [0.717, 1.165) is 11.7 Å². The molecule has 1 saturated carbocycles. The fourth-order valence-corrected chi connectivity index (χ4v) is 2.06. The van der Waals surface area contributed by atoms with Crippen LogP contribution in [0.5, 0.6) is 5.75 Å². The minimum Gasteiger partial charge on any atom is -0.496 e. The normalized spacial score (nSPS) is 16.1. The predicted molar refractivity (Wildman–Crippen MR) is 56.8 cm³/mol. The summed E-state index contributed by atoms with van der Waals surface area (Å²) >= 11 is 0. The molecule has 0 bridgehead atoms. The molecule has 0 radical (unpaired) electrons. The lowest BCUT2D eigenvalue weighted by atomic mass is 10.1. The molecule has 1 aromatic heterocycles. The van der Waals surface area contributed by atoms with Crippen molar-refractivity contribution in [3.05, 3.63) is 30.0 Å². The summed E-state index contributed by atoms with van der Waals surface area (Å²) in [6.07, 6.45) is 4.78. The molecule has 1 aliphatic rings. The highest BCUT2D eigenvalue weighted by Gasteiger charge is 2.27. The van der Waals surface area contributed by atoms with Crippen LogP contribution in [0.15, 0.2) is 24.4 Å². The van der Waals surface area contributed by atoms with E-state index in [2.05, 4.69) is 17.2 Å². The van der Waals surface area contributed by atoms with Crippen molar-refractivity contribution in [1.82, 2.24) is 4.98 Å². The molecule has 3 rings (SSSR count). The first-order valence-electron chi connectivity index (χ1n) is 5.04. The first-order chi connectivity index (χ1) is 6.90. The van der Waals surface area contributed by atoms with Gasteiger partial charge in [-0.05, 0) is 36.5 Å². The summed E-state index contributed by atoms with van der Waals surface area (Å²) in [6.45, 7) is 0. The number of aromatic amines is 1. The second kappa shape index (κ2) is 2.77. The van der Waals surface area contributed by atoms with Gasteiger partial charge in [0.15, 0.2) is 0 Å². The zero-order chi connectivity index (χ0) is 9.54. The average Bonchev–Trinajstić information content (AvgIpc) is 2.97. The molecule has 72 valence electrons. The van der Waals surface area contributed by atoms with E-state index in [0.29, 0.717) is 0 Å². The molecule has 1 aliphatic carbocycles. The fourth-order valence-electron chi connectivity index (χ4n) is 2.06. The predicted octanol–water partition coefficient (Wildman–Crippen LogP) is 3.05. The highest BCUT2D eigenvalue weighted by atomic mass is 16.5. The summed E-state index contributed by atoms with van der Waals surface area (Å²) in [5, 5.41) is 1.28. The Morgan fingerprint density at radius 2 is 2.21 bits per heavy atom. The van der Waals surface area contributed by atoms with Crippen LogP contribution in [0.2, 0.25) is 0 Å². The van der Waals surface area contributed by atoms with Crippen molar-refractivity contribution < 1.29 is 4.74 Å². The molecule has 0 aliphatic heterocycles. The number of ether oxygens (including phenoxy) is 1. The summed E-state index contributed by atoms with van der Waals surface area (Å²) < 4.78 is 5.38. The summed E-state index contributed by atoms with van der Waals surface area (Å²) in [6, 6.07) is 6.15. The maximum absolute atomic E-state index is 5.38. The summed E-state index contributed by atoms with van der Waals surface area (Å²) in [5.74, 6) is 1.76. The van der Waals surface area contributed by atoms with Crippen molar-refractivity contribution in [2.45, 2.75) is 18.8 Å². The Bertz CT molecular complexity index is 468. The third-order valence-electron chi connectivity index (χ3n) is 2.94. The van der Waals surface area contributed by atoms with Crippen LogP contribution >= 0.6 is 0 Å². The Labute approximate surface area is 82.9 Å². The quantitative estimate of drug-likeness (QED) is 0.768. The Morgan fingerprint density at radius 1 is 1.36 bits per heavy atom. The van der Waals surface area contributed by atoms with Crippen LogP contribution in [-0.2, 0) is 0 Å². The molecule has 0 saturated heterocycles. The molecule has 0 spiro atoms. The van der Waals surface area contributed by atoms with E-state index < -0.39 is 0 Å². The number of hydrogen-bond acceptors (Lipinski definition) is 1. The van der Waals surface area contributed by atoms with Gasteiger partial charge in [-0.1, -0.05) is 6.07 Å². The van der Waals surface area contributed by atoms with Gasteiger partial charge in [0.05, 0.1) is 7.11 Å². The molecule has 1 aromatic carbocycles. The first kappa shape index (κ1) is 7.92. The number of H-pyrrole nitrogens is 1. The van der Waals surface area contributed by atoms with E-state index in [1.165, 1.54) is 29.3 Å². The van der Waals surface area contributed by atoms with Crippen LogP contribution in [-0.4, -0.2) is 12.1 Å². The molecule has 14 heavy (non-hydrogen) atoms. The van der Waals surface area contributed by atoms with Crippen molar-refractivity contribution in [3.8, 4) is 5.75 Å². The summed E-state index contributed by atoms with van der Waals surface area (Å²) in [5.41, 5.74) is 2.61. The van der Waals surface area contributed by atoms with Crippen molar-refractivity contribution in [2.75, 3.05) is 7.11 Å². The first-order valence-corrected chi connectivity index (χ1v) is 5.04. The molecular weight excluding hydrogens is 174 g/mol. The number of methoxy groups -OCH3 is 1. The van der Waals surface area contributed by atoms with Crippen LogP contribution in [0, 0.1) is 0 Å². The number of fused-ring (bicyclic) bond motifs is 1. The molecule has 1 heterocycles. The largest absolute Gasteiger partial charge is 0.496 e. The van der Waals surface area contributed by atoms with Crippen molar-refractivity contribution >= 4 is 10.9 Å². The summed E-state index contributed by atoms with van der Waals surface area (Å²) in [7, 11) is 1.73. The third-order valence-corrected chi connectivity index (χ3v) is 2.94. The van der Waals surface area contributed by atoms with Gasteiger partial charge in [-0.3, -0.25) is 0 Å². The second-order valence-corrected chi connectivity index (χ2v) is 3.90. The molecule has 2 nitrogen and oxygen atoms in total. The zero-order valence-corrected chi connectivity index (χ0v) is 8.21. The van der Waals surface area contributed by atoms with Crippen LogP contribution in [0.4, 0.5) is 0 Å². The molecule has 1 N–H and O–H groups in total. The van der Waals surface area contributed by atoms with Gasteiger partial charge in [0.2, 0.25) is 0 Å². The van der Waals surface area contributed by atoms with Crippen molar-refractivity contribution in [3.63, 3.8) is 0 Å². The second-order valence-electron chi connectivity index (χ2n) is 3.90. The Balaban J connectivity index is 2.29. The third kappa shape index (κ3) is 1.03. The number of rotatable bonds is 2. The van der Waals surface area contributed by atoms with Gasteiger partial charge in [-0.25, -0.2) is 0 Å². The lowest BCUT2D eigenvalue weighted by molar-refractivity contribution is 0.419. The monoisotopic (exact) mass is 187 g/mol. The zero-order valence-electron chi connectivity index (χ0n) is 8.21. The molecule has 2 heteroatoms. The van der Waals surface area contributed by atoms with Crippen LogP contribution in [0.1, 0.15) is 24.3 Å². The molecule has 0 atom stereocenters. The minimum absolute atomic E-state index is 0.764. The van der Waals surface area contributed by atoms with Crippen LogP contribution < -0.4 is 4.74 Å². The highest BCUT2D eigenvalue weighted by Crippen LogP contribution is 2.45. The van der Waals surface area contributed by atoms with Gasteiger partial charge in [0.25, 0.3) is 0 Å². The Morgan fingerprint density at radius 3 is 2.93 bits per heavy atom. The summed E-state index contributed by atoms with van der Waals surface area (Å²) in [4.78, 5) is 3.30. The number of hydrogen-bond donors (Lipinski definition) is 1. The van der Waals surface area contributed by atoms with Gasteiger partial charge in [0, 0.05) is 17.1 Å². The van der Waals surface area contributed by atoms with E-state index in [-0.39, 0.29) is 0 Å². The molecule has 0 amide bonds. The van der Waals surface area contributed by atoms with E-state index in [1.807, 2.05) is 12.1 Å². The lowest BCUT2D eigenvalue weighted by Crippen LogP contribution is -1.85. The van der Waals surface area contributed by atoms with Crippen LogP contribution in [0.3, 0.4) is 0 Å². The number of benzene rings is 1. The van der Waals surface area contributed by atoms with Crippen molar-refractivity contribution in [1.29, 1.82) is 0 Å². The lowest BCUT2D eigenvalue weighted by Gasteiger charge is -2.03. The highest BCUT2D eigenvalue weighted by molar-refractivity contribution is 5.90. The minimum atomic E-state index is 0.764. The van der Waals surface area contributed by atoms with E-state index >= 15 is 0 Å². The van der Waals surface area contributed by atoms with Gasteiger partial charge in [-0.15, -0.1) is 0 Å².